The smallest absolute Gasteiger partial charge is 0.394 e. The normalized spacial score (nSPS) is 13.2. The van der Waals surface area contributed by atoms with Gasteiger partial charge in [-0.2, -0.15) is 13.2 Å². The van der Waals surface area contributed by atoms with E-state index in [0.717, 1.165) is 0 Å². The third-order valence-corrected chi connectivity index (χ3v) is 2.74. The number of hydrogen-bond acceptors (Lipinski definition) is 3. The summed E-state index contributed by atoms with van der Waals surface area (Å²) in [4.78, 5) is 11.6. The van der Waals surface area contributed by atoms with Crippen LogP contribution in [0.3, 0.4) is 0 Å². The van der Waals surface area contributed by atoms with Gasteiger partial charge in [0.2, 0.25) is 0 Å². The first kappa shape index (κ1) is 14.8. The summed E-state index contributed by atoms with van der Waals surface area (Å²) in [5.41, 5.74) is -4.09. The highest BCUT2D eigenvalue weighted by Crippen LogP contribution is 2.36. The summed E-state index contributed by atoms with van der Waals surface area (Å²) in [7, 11) is 0. The van der Waals surface area contributed by atoms with Crippen molar-refractivity contribution in [2.45, 2.75) is 23.4 Å². The molecule has 0 aliphatic rings. The van der Waals surface area contributed by atoms with Gasteiger partial charge in [0.05, 0.1) is 6.61 Å². The zero-order chi connectivity index (χ0) is 13.8. The van der Waals surface area contributed by atoms with Gasteiger partial charge in [-0.1, -0.05) is 0 Å². The van der Waals surface area contributed by atoms with Crippen molar-refractivity contribution in [2.75, 3.05) is 6.61 Å². The molecule has 0 radical (unpaired) electrons. The van der Waals surface area contributed by atoms with Crippen molar-refractivity contribution < 1.29 is 23.1 Å². The Kier molecular flexibility index (Phi) is 5.03. The molecular formula is C11H12F3NO2S. The minimum absolute atomic E-state index is 0.0225. The topological polar surface area (TPSA) is 49.3 Å². The van der Waals surface area contributed by atoms with E-state index in [2.05, 4.69) is 5.32 Å². The van der Waals surface area contributed by atoms with Crippen LogP contribution in [0.2, 0.25) is 0 Å². The van der Waals surface area contributed by atoms with Crippen molar-refractivity contribution in [3.8, 4) is 0 Å². The number of nitrogens with one attached hydrogen (secondary N) is 1. The molecule has 0 aromatic heterocycles. The second-order valence-corrected chi connectivity index (χ2v) is 4.77. The fourth-order valence-corrected chi connectivity index (χ4v) is 1.70. The Morgan fingerprint density at radius 2 is 1.94 bits per heavy atom. The number of amides is 1. The fourth-order valence-electron chi connectivity index (χ4n) is 1.16. The van der Waals surface area contributed by atoms with E-state index in [-0.39, 0.29) is 28.8 Å². The van der Waals surface area contributed by atoms with E-state index in [1.165, 1.54) is 24.3 Å². The van der Waals surface area contributed by atoms with Crippen LogP contribution in [-0.4, -0.2) is 29.2 Å². The minimum atomic E-state index is -4.34. The first-order valence-corrected chi connectivity index (χ1v) is 5.91. The van der Waals surface area contributed by atoms with Crippen LogP contribution in [-0.2, 0) is 0 Å². The maximum atomic E-state index is 12.1. The Hall–Kier alpha value is -1.21. The lowest BCUT2D eigenvalue weighted by Crippen LogP contribution is -2.34. The van der Waals surface area contributed by atoms with E-state index in [1.807, 2.05) is 0 Å². The van der Waals surface area contributed by atoms with Crippen LogP contribution in [0.1, 0.15) is 17.3 Å². The molecule has 1 aromatic carbocycles. The molecule has 1 rings (SSSR count). The molecule has 1 aromatic rings. The lowest BCUT2D eigenvalue weighted by Gasteiger charge is -2.11. The molecule has 0 fully saturated rings. The van der Waals surface area contributed by atoms with Crippen LogP contribution in [0.25, 0.3) is 0 Å². The van der Waals surface area contributed by atoms with Gasteiger partial charge in [-0.25, -0.2) is 0 Å². The Morgan fingerprint density at radius 1 is 1.39 bits per heavy atom. The van der Waals surface area contributed by atoms with Gasteiger partial charge in [0.25, 0.3) is 5.91 Å². The summed E-state index contributed by atoms with van der Waals surface area (Å²) < 4.78 is 36.2. The predicted molar refractivity (Wildman–Crippen MR) is 62.4 cm³/mol. The lowest BCUT2D eigenvalue weighted by molar-refractivity contribution is -0.0328. The Balaban J connectivity index is 2.68. The quantitative estimate of drug-likeness (QED) is 0.832. The Morgan fingerprint density at radius 3 is 2.39 bits per heavy atom. The van der Waals surface area contributed by atoms with Crippen molar-refractivity contribution in [3.05, 3.63) is 29.8 Å². The van der Waals surface area contributed by atoms with Crippen molar-refractivity contribution in [2.24, 2.45) is 0 Å². The molecule has 18 heavy (non-hydrogen) atoms. The zero-order valence-corrected chi connectivity index (χ0v) is 10.3. The molecule has 0 saturated carbocycles. The molecule has 0 heterocycles. The molecule has 0 aliphatic carbocycles. The standard InChI is InChI=1S/C11H12F3NO2S/c1-7(6-16)15-10(17)8-2-4-9(5-3-8)18-11(12,13)14/h2-5,7,16H,6H2,1H3,(H,15,17)/t7-/m0/s1. The first-order chi connectivity index (χ1) is 8.31. The summed E-state index contributed by atoms with van der Waals surface area (Å²) in [5, 5.41) is 11.3. The molecule has 7 heteroatoms. The highest BCUT2D eigenvalue weighted by Gasteiger charge is 2.29. The van der Waals surface area contributed by atoms with E-state index in [0.29, 0.717) is 0 Å². The van der Waals surface area contributed by atoms with Crippen molar-refractivity contribution in [1.29, 1.82) is 0 Å². The van der Waals surface area contributed by atoms with Crippen molar-refractivity contribution >= 4 is 17.7 Å². The Bertz CT molecular complexity index is 406. The summed E-state index contributed by atoms with van der Waals surface area (Å²) >= 11 is -0.232. The third kappa shape index (κ3) is 4.97. The average molecular weight is 279 g/mol. The number of thioether (sulfide) groups is 1. The van der Waals surface area contributed by atoms with Gasteiger partial charge in [-0.05, 0) is 43.0 Å². The largest absolute Gasteiger partial charge is 0.446 e. The van der Waals surface area contributed by atoms with Gasteiger partial charge in [0, 0.05) is 16.5 Å². The van der Waals surface area contributed by atoms with E-state index in [1.54, 1.807) is 6.92 Å². The number of aliphatic hydroxyl groups excluding tert-OH is 1. The van der Waals surface area contributed by atoms with Gasteiger partial charge in [-0.15, -0.1) is 0 Å². The molecule has 3 nitrogen and oxygen atoms in total. The molecule has 0 unspecified atom stereocenters. The van der Waals surface area contributed by atoms with Crippen molar-refractivity contribution in [3.63, 3.8) is 0 Å². The van der Waals surface area contributed by atoms with Crippen LogP contribution in [0.5, 0.6) is 0 Å². The molecule has 1 amide bonds. The van der Waals surface area contributed by atoms with E-state index in [9.17, 15) is 18.0 Å². The number of carbonyl (C=O) groups is 1. The summed E-state index contributed by atoms with van der Waals surface area (Å²) in [6.45, 7) is 1.42. The molecule has 1 atom stereocenters. The number of aliphatic hydroxyl groups is 1. The van der Waals surface area contributed by atoms with Crippen LogP contribution >= 0.6 is 11.8 Å². The van der Waals surface area contributed by atoms with E-state index < -0.39 is 17.5 Å². The number of halogens is 3. The highest BCUT2D eigenvalue weighted by atomic mass is 32.2. The molecule has 0 aliphatic heterocycles. The molecule has 0 bridgehead atoms. The fraction of sp³-hybridized carbons (Fsp3) is 0.364. The van der Waals surface area contributed by atoms with Gasteiger partial charge in [0.1, 0.15) is 0 Å². The van der Waals surface area contributed by atoms with Gasteiger partial charge >= 0.3 is 5.51 Å². The molecular weight excluding hydrogens is 267 g/mol. The number of rotatable bonds is 4. The zero-order valence-electron chi connectivity index (χ0n) is 9.49. The van der Waals surface area contributed by atoms with Crippen molar-refractivity contribution in [1.82, 2.24) is 5.32 Å². The Labute approximate surface area is 106 Å². The number of carbonyl (C=O) groups excluding carboxylic acids is 1. The van der Waals surface area contributed by atoms with Gasteiger partial charge in [-0.3, -0.25) is 4.79 Å². The van der Waals surface area contributed by atoms with Crippen LogP contribution in [0.4, 0.5) is 13.2 Å². The maximum absolute atomic E-state index is 12.1. The van der Waals surface area contributed by atoms with E-state index in [4.69, 9.17) is 5.11 Å². The molecule has 2 N–H and O–H groups in total. The third-order valence-electron chi connectivity index (χ3n) is 2.00. The number of hydrogen-bond donors (Lipinski definition) is 2. The minimum Gasteiger partial charge on any atom is -0.394 e. The van der Waals surface area contributed by atoms with Crippen LogP contribution < -0.4 is 5.32 Å². The van der Waals surface area contributed by atoms with E-state index >= 15 is 0 Å². The highest BCUT2D eigenvalue weighted by molar-refractivity contribution is 8.00. The second-order valence-electron chi connectivity index (χ2n) is 3.63. The summed E-state index contributed by atoms with van der Waals surface area (Å²) in [6.07, 6.45) is 0. The summed E-state index contributed by atoms with van der Waals surface area (Å²) in [6, 6.07) is 4.69. The maximum Gasteiger partial charge on any atom is 0.446 e. The average Bonchev–Trinajstić information content (AvgIpc) is 2.27. The van der Waals surface area contributed by atoms with Crippen LogP contribution in [0, 0.1) is 0 Å². The summed E-state index contributed by atoms with van der Waals surface area (Å²) in [5.74, 6) is -0.430. The number of alkyl halides is 3. The second kappa shape index (κ2) is 6.10. The predicted octanol–water partition coefficient (Wildman–Crippen LogP) is 2.41. The molecule has 0 saturated heterocycles. The molecule has 100 valence electrons. The SMILES string of the molecule is C[C@@H](CO)NC(=O)c1ccc(SC(F)(F)F)cc1. The monoisotopic (exact) mass is 279 g/mol. The van der Waals surface area contributed by atoms with Gasteiger partial charge in [0.15, 0.2) is 0 Å². The lowest BCUT2D eigenvalue weighted by atomic mass is 10.2. The first-order valence-electron chi connectivity index (χ1n) is 5.09. The molecule has 0 spiro atoms. The van der Waals surface area contributed by atoms with Crippen LogP contribution in [0.15, 0.2) is 29.2 Å². The van der Waals surface area contributed by atoms with Gasteiger partial charge < -0.3 is 10.4 Å². The number of benzene rings is 1.